The summed E-state index contributed by atoms with van der Waals surface area (Å²) in [6, 6.07) is 7.03. The summed E-state index contributed by atoms with van der Waals surface area (Å²) >= 11 is 0. The van der Waals surface area contributed by atoms with Crippen molar-refractivity contribution in [2.75, 3.05) is 5.32 Å². The number of amides is 2. The fraction of sp³-hybridized carbons (Fsp3) is 0.500. The van der Waals surface area contributed by atoms with E-state index in [0.717, 1.165) is 32.1 Å². The third-order valence-electron chi connectivity index (χ3n) is 4.81. The van der Waals surface area contributed by atoms with Gasteiger partial charge in [0.2, 0.25) is 5.91 Å². The molecule has 2 saturated carbocycles. The van der Waals surface area contributed by atoms with Crippen LogP contribution in [-0.2, 0) is 9.59 Å². The Hall–Kier alpha value is -1.37. The molecule has 6 nitrogen and oxygen atoms in total. The van der Waals surface area contributed by atoms with Crippen molar-refractivity contribution < 1.29 is 49.0 Å². The third-order valence-corrected chi connectivity index (χ3v) is 4.81. The number of carbonyl (C=O) groups excluding carboxylic acids is 3. The molecule has 0 aromatic heterocycles. The quantitative estimate of drug-likeness (QED) is 0.567. The zero-order chi connectivity index (χ0) is 17.2. The molecule has 0 bridgehead atoms. The number of rotatable bonds is 7. The molecule has 128 valence electrons. The van der Waals surface area contributed by atoms with Crippen molar-refractivity contribution in [3.63, 3.8) is 0 Å². The first-order valence-electron chi connectivity index (χ1n) is 8.36. The van der Waals surface area contributed by atoms with Gasteiger partial charge in [0.15, 0.2) is 0 Å². The zero-order valence-corrected chi connectivity index (χ0v) is 16.5. The first kappa shape index (κ1) is 19.9. The van der Waals surface area contributed by atoms with Crippen molar-refractivity contribution in [2.45, 2.75) is 51.0 Å². The Balaban J connectivity index is 0.00000225. The molecule has 1 aromatic carbocycles. The normalized spacial score (nSPS) is 17.6. The van der Waals surface area contributed by atoms with Crippen LogP contribution in [0.4, 0.5) is 5.69 Å². The molecule has 2 aliphatic rings. The Bertz CT molecular complexity index is 652. The van der Waals surface area contributed by atoms with Crippen molar-refractivity contribution in [3.8, 4) is 0 Å². The summed E-state index contributed by atoms with van der Waals surface area (Å²) in [5.41, 5.74) is 0.714. The van der Waals surface area contributed by atoms with Crippen LogP contribution >= 0.6 is 0 Å². The van der Waals surface area contributed by atoms with Gasteiger partial charge in [-0.05, 0) is 61.8 Å². The van der Waals surface area contributed by atoms with E-state index in [1.807, 2.05) is 0 Å². The predicted octanol–water partition coefficient (Wildman–Crippen LogP) is -1.78. The molecule has 0 atom stereocenters. The minimum Gasteiger partial charge on any atom is -0.550 e. The molecule has 0 aliphatic heterocycles. The number of carbonyl (C=O) groups is 3. The summed E-state index contributed by atoms with van der Waals surface area (Å²) in [7, 11) is 0. The van der Waals surface area contributed by atoms with Crippen LogP contribution in [0.3, 0.4) is 0 Å². The Kier molecular flexibility index (Phi) is 6.65. The van der Waals surface area contributed by atoms with Crippen LogP contribution in [0.25, 0.3) is 0 Å². The molecule has 1 aromatic rings. The Morgan fingerprint density at radius 1 is 1.08 bits per heavy atom. The minimum atomic E-state index is -1.10. The molecule has 0 radical (unpaired) electrons. The Labute approximate surface area is 169 Å². The van der Waals surface area contributed by atoms with E-state index in [2.05, 4.69) is 10.6 Å². The third kappa shape index (κ3) is 5.56. The van der Waals surface area contributed by atoms with Crippen LogP contribution in [0, 0.1) is 5.41 Å². The van der Waals surface area contributed by atoms with E-state index >= 15 is 0 Å². The van der Waals surface area contributed by atoms with E-state index in [9.17, 15) is 19.5 Å². The number of aliphatic carboxylic acids is 1. The van der Waals surface area contributed by atoms with E-state index < -0.39 is 11.4 Å². The van der Waals surface area contributed by atoms with Gasteiger partial charge in [-0.3, -0.25) is 9.59 Å². The first-order valence-corrected chi connectivity index (χ1v) is 8.36. The Morgan fingerprint density at radius 2 is 1.72 bits per heavy atom. The topological polar surface area (TPSA) is 98.3 Å². The molecule has 2 fully saturated rings. The molecule has 0 saturated heterocycles. The second kappa shape index (κ2) is 8.34. The van der Waals surface area contributed by atoms with Crippen LogP contribution in [0.1, 0.15) is 55.3 Å². The molecule has 0 heterocycles. The van der Waals surface area contributed by atoms with E-state index in [4.69, 9.17) is 0 Å². The molecule has 7 heteroatoms. The number of carboxylic acid groups (broad SMARTS) is 1. The van der Waals surface area contributed by atoms with Crippen molar-refractivity contribution in [3.05, 3.63) is 29.8 Å². The number of nitrogens with one attached hydrogen (secondary N) is 2. The summed E-state index contributed by atoms with van der Waals surface area (Å²) in [5.74, 6) is -1.41. The molecular weight excluding hydrogens is 331 g/mol. The first-order chi connectivity index (χ1) is 11.5. The van der Waals surface area contributed by atoms with E-state index in [0.29, 0.717) is 17.3 Å². The molecule has 2 amide bonds. The SMILES string of the molecule is O=C([O-])CC1(CC(=O)Nc2ccc(C(=O)NC3CC3)cc2)CCC1.[Na+]. The number of carboxylic acids is 1. The van der Waals surface area contributed by atoms with Crippen molar-refractivity contribution in [1.29, 1.82) is 0 Å². The van der Waals surface area contributed by atoms with Crippen LogP contribution < -0.4 is 45.3 Å². The zero-order valence-electron chi connectivity index (χ0n) is 14.5. The average molecular weight is 352 g/mol. The van der Waals surface area contributed by atoms with Gasteiger partial charge in [0.1, 0.15) is 0 Å². The van der Waals surface area contributed by atoms with Gasteiger partial charge in [-0.25, -0.2) is 0 Å². The smallest absolute Gasteiger partial charge is 0.550 e. The van der Waals surface area contributed by atoms with Gasteiger partial charge in [0.25, 0.3) is 5.91 Å². The van der Waals surface area contributed by atoms with Crippen molar-refractivity contribution in [2.24, 2.45) is 5.41 Å². The maximum Gasteiger partial charge on any atom is 1.00 e. The van der Waals surface area contributed by atoms with Gasteiger partial charge >= 0.3 is 29.6 Å². The second-order valence-electron chi connectivity index (χ2n) is 6.95. The molecule has 0 unspecified atom stereocenters. The van der Waals surface area contributed by atoms with E-state index in [1.54, 1.807) is 24.3 Å². The largest absolute Gasteiger partial charge is 1.00 e. The van der Waals surface area contributed by atoms with Gasteiger partial charge in [-0.2, -0.15) is 0 Å². The number of hydrogen-bond acceptors (Lipinski definition) is 4. The van der Waals surface area contributed by atoms with Gasteiger partial charge in [0, 0.05) is 29.7 Å². The van der Waals surface area contributed by atoms with E-state index in [1.165, 1.54) is 0 Å². The number of benzene rings is 1. The molecule has 2 N–H and O–H groups in total. The van der Waals surface area contributed by atoms with Crippen LogP contribution in [-0.4, -0.2) is 23.8 Å². The predicted molar refractivity (Wildman–Crippen MR) is 86.1 cm³/mol. The summed E-state index contributed by atoms with van der Waals surface area (Å²) in [5, 5.41) is 16.5. The van der Waals surface area contributed by atoms with Crippen molar-refractivity contribution in [1.82, 2.24) is 5.32 Å². The molecule has 3 rings (SSSR count). The van der Waals surface area contributed by atoms with Gasteiger partial charge in [0.05, 0.1) is 0 Å². The van der Waals surface area contributed by atoms with Crippen LogP contribution in [0.5, 0.6) is 0 Å². The number of hydrogen-bond donors (Lipinski definition) is 2. The standard InChI is InChI=1S/C18H22N2O4.Na/c21-15(10-18(8-1-9-18)11-16(22)23)19-13-4-2-12(3-5-13)17(24)20-14-6-7-14;/h2-5,14H,1,6-11H2,(H,19,21)(H,20,24)(H,22,23);/q;+1/p-1. The Morgan fingerprint density at radius 3 is 2.20 bits per heavy atom. The monoisotopic (exact) mass is 352 g/mol. The minimum absolute atomic E-state index is 0. The summed E-state index contributed by atoms with van der Waals surface area (Å²) in [6.45, 7) is 0. The van der Waals surface area contributed by atoms with E-state index in [-0.39, 0.29) is 54.2 Å². The fourth-order valence-corrected chi connectivity index (χ4v) is 3.15. The summed E-state index contributed by atoms with van der Waals surface area (Å²) in [4.78, 5) is 34.9. The number of anilines is 1. The maximum absolute atomic E-state index is 12.2. The fourth-order valence-electron chi connectivity index (χ4n) is 3.15. The van der Waals surface area contributed by atoms with Crippen LogP contribution in [0.2, 0.25) is 0 Å². The molecule has 0 spiro atoms. The van der Waals surface area contributed by atoms with Crippen molar-refractivity contribution >= 4 is 23.5 Å². The average Bonchev–Trinajstić information content (AvgIpc) is 3.29. The van der Waals surface area contributed by atoms with Crippen LogP contribution in [0.15, 0.2) is 24.3 Å². The van der Waals surface area contributed by atoms with Gasteiger partial charge in [-0.15, -0.1) is 0 Å². The second-order valence-corrected chi connectivity index (χ2v) is 6.95. The maximum atomic E-state index is 12.2. The summed E-state index contributed by atoms with van der Waals surface area (Å²) < 4.78 is 0. The van der Waals surface area contributed by atoms with Gasteiger partial charge < -0.3 is 20.5 Å². The molecule has 25 heavy (non-hydrogen) atoms. The van der Waals surface area contributed by atoms with Gasteiger partial charge in [-0.1, -0.05) is 6.42 Å². The molecule has 2 aliphatic carbocycles. The summed E-state index contributed by atoms with van der Waals surface area (Å²) in [6.07, 6.45) is 4.63. The molecular formula is C18H21N2NaO4.